The molecule has 1 N–H and O–H groups in total. The first-order valence-corrected chi connectivity index (χ1v) is 5.74. The highest BCUT2D eigenvalue weighted by Gasteiger charge is 2.17. The number of hydrogen-bond donors (Lipinski definition) is 1. The van der Waals surface area contributed by atoms with Crippen LogP contribution in [0.1, 0.15) is 17.3 Å². The predicted molar refractivity (Wildman–Crippen MR) is 68.4 cm³/mol. The first kappa shape index (κ1) is 14.0. The molecule has 5 heteroatoms. The van der Waals surface area contributed by atoms with E-state index in [1.165, 1.54) is 21.9 Å². The molecule has 1 aromatic carbocycles. The summed E-state index contributed by atoms with van der Waals surface area (Å²) in [7, 11) is 3.31. The normalized spacial score (nSPS) is 9.94. The zero-order valence-electron chi connectivity index (χ0n) is 10.9. The number of hydrogen-bond acceptors (Lipinski definition) is 3. The minimum absolute atomic E-state index is 0.0587. The second-order valence-corrected chi connectivity index (χ2v) is 4.15. The van der Waals surface area contributed by atoms with Gasteiger partial charge in [0.2, 0.25) is 5.91 Å². The van der Waals surface area contributed by atoms with E-state index in [9.17, 15) is 9.59 Å². The Morgan fingerprint density at radius 1 is 1.17 bits per heavy atom. The van der Waals surface area contributed by atoms with Crippen LogP contribution in [0.15, 0.2) is 24.3 Å². The first-order valence-electron chi connectivity index (χ1n) is 5.74. The zero-order chi connectivity index (χ0) is 13.7. The van der Waals surface area contributed by atoms with Gasteiger partial charge in [-0.3, -0.25) is 9.59 Å². The van der Waals surface area contributed by atoms with Crippen LogP contribution < -0.4 is 0 Å². The number of rotatable bonds is 4. The largest absolute Gasteiger partial charge is 0.508 e. The molecule has 5 nitrogen and oxygen atoms in total. The molecule has 0 unspecified atom stereocenters. The maximum atomic E-state index is 12.1. The van der Waals surface area contributed by atoms with E-state index in [2.05, 4.69) is 0 Å². The topological polar surface area (TPSA) is 60.9 Å². The number of carbonyl (C=O) groups excluding carboxylic acids is 2. The van der Waals surface area contributed by atoms with Crippen LogP contribution in [-0.2, 0) is 4.79 Å². The van der Waals surface area contributed by atoms with Gasteiger partial charge in [0.25, 0.3) is 5.91 Å². The summed E-state index contributed by atoms with van der Waals surface area (Å²) < 4.78 is 0. The molecule has 0 spiro atoms. The third kappa shape index (κ3) is 3.48. The van der Waals surface area contributed by atoms with Gasteiger partial charge in [-0.2, -0.15) is 0 Å². The minimum Gasteiger partial charge on any atom is -0.508 e. The molecule has 0 fully saturated rings. The Morgan fingerprint density at radius 3 is 2.17 bits per heavy atom. The van der Waals surface area contributed by atoms with Crippen LogP contribution in [0.3, 0.4) is 0 Å². The molecule has 0 aliphatic heterocycles. The summed E-state index contributed by atoms with van der Waals surface area (Å²) in [4.78, 5) is 26.6. The lowest BCUT2D eigenvalue weighted by Gasteiger charge is -2.22. The van der Waals surface area contributed by atoms with Crippen LogP contribution in [0.4, 0.5) is 0 Å². The van der Waals surface area contributed by atoms with E-state index >= 15 is 0 Å². The second kappa shape index (κ2) is 6.05. The van der Waals surface area contributed by atoms with Crippen LogP contribution in [0.5, 0.6) is 5.75 Å². The predicted octanol–water partition coefficient (Wildman–Crippen LogP) is 0.942. The number of phenols is 1. The minimum atomic E-state index is -0.215. The molecule has 0 aromatic heterocycles. The van der Waals surface area contributed by atoms with Crippen LogP contribution in [0, 0.1) is 0 Å². The van der Waals surface area contributed by atoms with E-state index in [0.717, 1.165) is 0 Å². The molecule has 98 valence electrons. The fourth-order valence-electron chi connectivity index (χ4n) is 1.42. The van der Waals surface area contributed by atoms with Crippen molar-refractivity contribution in [1.29, 1.82) is 0 Å². The molecule has 2 amide bonds. The second-order valence-electron chi connectivity index (χ2n) is 4.15. The number of nitrogens with zero attached hydrogens (tertiary/aromatic N) is 2. The van der Waals surface area contributed by atoms with E-state index in [1.54, 1.807) is 26.2 Å². The molecule has 0 radical (unpaired) electrons. The Bertz CT molecular complexity index is 426. The van der Waals surface area contributed by atoms with Crippen LogP contribution in [0.25, 0.3) is 0 Å². The molecule has 0 aliphatic rings. The summed E-state index contributed by atoms with van der Waals surface area (Å²) in [6.45, 7) is 2.34. The first-order chi connectivity index (χ1) is 8.45. The van der Waals surface area contributed by atoms with Crippen molar-refractivity contribution >= 4 is 11.8 Å². The van der Waals surface area contributed by atoms with Gasteiger partial charge in [0.1, 0.15) is 5.75 Å². The third-order valence-electron chi connectivity index (χ3n) is 2.61. The average Bonchev–Trinajstić information content (AvgIpc) is 2.35. The molecule has 1 rings (SSSR count). The van der Waals surface area contributed by atoms with Crippen molar-refractivity contribution in [2.24, 2.45) is 0 Å². The molecule has 1 aromatic rings. The number of aromatic hydroxyl groups is 1. The molecule has 0 saturated carbocycles. The van der Waals surface area contributed by atoms with Crippen molar-refractivity contribution in [3.63, 3.8) is 0 Å². The van der Waals surface area contributed by atoms with E-state index in [4.69, 9.17) is 5.11 Å². The van der Waals surface area contributed by atoms with Gasteiger partial charge in [0, 0.05) is 26.2 Å². The lowest BCUT2D eigenvalue weighted by molar-refractivity contribution is -0.129. The standard InChI is InChI=1S/C13H18N2O3/c1-4-15(9-12(17)14(2)3)13(18)10-5-7-11(16)8-6-10/h5-8,16H,4,9H2,1-3H3. The van der Waals surface area contributed by atoms with E-state index in [0.29, 0.717) is 12.1 Å². The van der Waals surface area contributed by atoms with Crippen molar-refractivity contribution in [3.05, 3.63) is 29.8 Å². The summed E-state index contributed by atoms with van der Waals surface area (Å²) in [6, 6.07) is 5.99. The number of carbonyl (C=O) groups is 2. The zero-order valence-corrected chi connectivity index (χ0v) is 10.9. The summed E-state index contributed by atoms with van der Waals surface area (Å²) in [6.07, 6.45) is 0. The molecule has 0 aliphatic carbocycles. The maximum Gasteiger partial charge on any atom is 0.254 e. The Labute approximate surface area is 107 Å². The summed E-state index contributed by atoms with van der Waals surface area (Å²) in [5.74, 6) is -0.226. The smallest absolute Gasteiger partial charge is 0.254 e. The SMILES string of the molecule is CCN(CC(=O)N(C)C)C(=O)c1ccc(O)cc1. The number of phenolic OH excluding ortho intramolecular Hbond substituents is 1. The van der Waals surface area contributed by atoms with Crippen molar-refractivity contribution in [1.82, 2.24) is 9.80 Å². The Morgan fingerprint density at radius 2 is 1.72 bits per heavy atom. The summed E-state index contributed by atoms with van der Waals surface area (Å²) in [5, 5.41) is 9.17. The van der Waals surface area contributed by atoms with Gasteiger partial charge in [-0.1, -0.05) is 0 Å². The fraction of sp³-hybridized carbons (Fsp3) is 0.385. The van der Waals surface area contributed by atoms with Gasteiger partial charge in [0.15, 0.2) is 0 Å². The maximum absolute atomic E-state index is 12.1. The van der Waals surface area contributed by atoms with Crippen molar-refractivity contribution < 1.29 is 14.7 Å². The molecule has 0 saturated heterocycles. The number of amides is 2. The highest BCUT2D eigenvalue weighted by atomic mass is 16.3. The third-order valence-corrected chi connectivity index (χ3v) is 2.61. The quantitative estimate of drug-likeness (QED) is 0.865. The van der Waals surface area contributed by atoms with Gasteiger partial charge < -0.3 is 14.9 Å². The number of likely N-dealkylation sites (N-methyl/N-ethyl adjacent to an activating group) is 2. The fourth-order valence-corrected chi connectivity index (χ4v) is 1.42. The van der Waals surface area contributed by atoms with Crippen LogP contribution in [-0.4, -0.2) is 53.9 Å². The van der Waals surface area contributed by atoms with Gasteiger partial charge in [-0.15, -0.1) is 0 Å². The average molecular weight is 250 g/mol. The molecular formula is C13H18N2O3. The van der Waals surface area contributed by atoms with Crippen molar-refractivity contribution in [2.75, 3.05) is 27.2 Å². The van der Waals surface area contributed by atoms with Crippen molar-refractivity contribution in [3.8, 4) is 5.75 Å². The van der Waals surface area contributed by atoms with Gasteiger partial charge in [-0.05, 0) is 31.2 Å². The number of benzene rings is 1. The molecule has 0 atom stereocenters. The lowest BCUT2D eigenvalue weighted by atomic mass is 10.2. The molecular weight excluding hydrogens is 232 g/mol. The van der Waals surface area contributed by atoms with Crippen LogP contribution in [0.2, 0.25) is 0 Å². The van der Waals surface area contributed by atoms with Gasteiger partial charge in [-0.25, -0.2) is 0 Å². The van der Waals surface area contributed by atoms with E-state index in [1.807, 2.05) is 6.92 Å². The Hall–Kier alpha value is -2.04. The van der Waals surface area contributed by atoms with Gasteiger partial charge >= 0.3 is 0 Å². The van der Waals surface area contributed by atoms with Crippen molar-refractivity contribution in [2.45, 2.75) is 6.92 Å². The van der Waals surface area contributed by atoms with Gasteiger partial charge in [0.05, 0.1) is 6.54 Å². The summed E-state index contributed by atoms with van der Waals surface area (Å²) >= 11 is 0. The highest BCUT2D eigenvalue weighted by molar-refractivity contribution is 5.96. The van der Waals surface area contributed by atoms with E-state index < -0.39 is 0 Å². The Kier molecular flexibility index (Phi) is 4.71. The Balaban J connectivity index is 2.79. The van der Waals surface area contributed by atoms with E-state index in [-0.39, 0.29) is 24.1 Å². The monoisotopic (exact) mass is 250 g/mol. The molecule has 0 bridgehead atoms. The molecule has 0 heterocycles. The molecule has 18 heavy (non-hydrogen) atoms. The highest BCUT2D eigenvalue weighted by Crippen LogP contribution is 2.11. The summed E-state index contributed by atoms with van der Waals surface area (Å²) in [5.41, 5.74) is 0.459. The lowest BCUT2D eigenvalue weighted by Crippen LogP contribution is -2.40. The van der Waals surface area contributed by atoms with Crippen LogP contribution >= 0.6 is 0 Å².